The van der Waals surface area contributed by atoms with Gasteiger partial charge in [0.05, 0.1) is 0 Å². The Bertz CT molecular complexity index is 1590. The Morgan fingerprint density at radius 2 is 1.34 bits per heavy atom. The number of benzene rings is 5. The zero-order chi connectivity index (χ0) is 26.5. The van der Waals surface area contributed by atoms with Crippen molar-refractivity contribution in [3.05, 3.63) is 138 Å². The number of carbonyl (C=O) groups is 2. The van der Waals surface area contributed by atoms with Gasteiger partial charge >= 0.3 is 0 Å². The van der Waals surface area contributed by atoms with Crippen LogP contribution in [0.5, 0.6) is 0 Å². The Labute approximate surface area is 227 Å². The van der Waals surface area contributed by atoms with E-state index in [4.69, 9.17) is 0 Å². The number of anilines is 2. The summed E-state index contributed by atoms with van der Waals surface area (Å²) >= 11 is 1.45. The van der Waals surface area contributed by atoms with E-state index in [1.165, 1.54) is 11.8 Å². The summed E-state index contributed by atoms with van der Waals surface area (Å²) < 4.78 is 0. The minimum Gasteiger partial charge on any atom is -0.325 e. The number of aryl methyl sites for hydroxylation is 2. The first-order valence-electron chi connectivity index (χ1n) is 12.5. The molecule has 2 N–H and O–H groups in total. The van der Waals surface area contributed by atoms with Crippen molar-refractivity contribution >= 4 is 45.7 Å². The van der Waals surface area contributed by atoms with Crippen molar-refractivity contribution in [3.8, 4) is 0 Å². The summed E-state index contributed by atoms with van der Waals surface area (Å²) in [4.78, 5) is 27.4. The van der Waals surface area contributed by atoms with E-state index in [1.807, 2.05) is 123 Å². The Morgan fingerprint density at radius 1 is 0.632 bits per heavy atom. The van der Waals surface area contributed by atoms with Gasteiger partial charge in [-0.15, -0.1) is 11.8 Å². The average molecular weight is 517 g/mol. The van der Waals surface area contributed by atoms with E-state index in [2.05, 4.69) is 16.7 Å². The van der Waals surface area contributed by atoms with Gasteiger partial charge in [0.25, 0.3) is 5.91 Å². The number of hydrogen-bond donors (Lipinski definition) is 2. The molecule has 0 bridgehead atoms. The third-order valence-electron chi connectivity index (χ3n) is 6.19. The van der Waals surface area contributed by atoms with Crippen LogP contribution in [-0.4, -0.2) is 11.8 Å². The topological polar surface area (TPSA) is 58.2 Å². The highest BCUT2D eigenvalue weighted by Gasteiger charge is 2.22. The van der Waals surface area contributed by atoms with Gasteiger partial charge in [-0.1, -0.05) is 72.8 Å². The highest BCUT2D eigenvalue weighted by Crippen LogP contribution is 2.37. The largest absolute Gasteiger partial charge is 0.325 e. The number of nitrogens with one attached hydrogen (secondary N) is 2. The number of rotatable bonds is 7. The molecule has 0 aliphatic carbocycles. The van der Waals surface area contributed by atoms with Gasteiger partial charge in [0, 0.05) is 21.8 Å². The molecule has 5 heteroatoms. The maximum absolute atomic E-state index is 13.5. The summed E-state index contributed by atoms with van der Waals surface area (Å²) in [7, 11) is 0. The number of amides is 2. The summed E-state index contributed by atoms with van der Waals surface area (Å²) in [5.41, 5.74) is 5.15. The monoisotopic (exact) mass is 516 g/mol. The fourth-order valence-corrected chi connectivity index (χ4v) is 5.56. The van der Waals surface area contributed by atoms with Crippen molar-refractivity contribution < 1.29 is 9.59 Å². The van der Waals surface area contributed by atoms with Gasteiger partial charge in [-0.2, -0.15) is 0 Å². The smallest absolute Gasteiger partial charge is 0.255 e. The van der Waals surface area contributed by atoms with Gasteiger partial charge in [-0.3, -0.25) is 9.59 Å². The van der Waals surface area contributed by atoms with Gasteiger partial charge in [-0.05, 0) is 83.8 Å². The predicted molar refractivity (Wildman–Crippen MR) is 158 cm³/mol. The standard InChI is InChI=1S/C33H28N2O2S/c1-22-17-23(2)19-29(18-22)35-33(37)31(25-10-4-3-5-11-25)38-30-14-8-13-28(21-30)34-32(36)27-16-15-24-9-6-7-12-26(24)20-27/h3-21,31H,1-2H3,(H,34,36)(H,35,37). The summed E-state index contributed by atoms with van der Waals surface area (Å²) in [6, 6.07) is 37.0. The molecule has 0 heterocycles. The molecular formula is C33H28N2O2S. The third kappa shape index (κ3) is 6.13. The number of carbonyl (C=O) groups excluding carboxylic acids is 2. The normalized spacial score (nSPS) is 11.6. The van der Waals surface area contributed by atoms with Crippen molar-refractivity contribution in [1.29, 1.82) is 0 Å². The second-order valence-electron chi connectivity index (χ2n) is 9.32. The number of thioether (sulfide) groups is 1. The van der Waals surface area contributed by atoms with Crippen molar-refractivity contribution in [2.75, 3.05) is 10.6 Å². The molecule has 0 aliphatic rings. The molecule has 2 amide bonds. The molecule has 5 rings (SSSR count). The highest BCUT2D eigenvalue weighted by atomic mass is 32.2. The van der Waals surface area contributed by atoms with Crippen LogP contribution in [0.25, 0.3) is 10.8 Å². The van der Waals surface area contributed by atoms with E-state index >= 15 is 0 Å². The quantitative estimate of drug-likeness (QED) is 0.214. The van der Waals surface area contributed by atoms with Crippen LogP contribution in [0, 0.1) is 13.8 Å². The Balaban J connectivity index is 1.36. The minimum atomic E-state index is -0.469. The molecule has 0 fully saturated rings. The lowest BCUT2D eigenvalue weighted by atomic mass is 10.1. The summed E-state index contributed by atoms with van der Waals surface area (Å²) in [5, 5.41) is 7.74. The summed E-state index contributed by atoms with van der Waals surface area (Å²) in [5.74, 6) is -0.276. The fraction of sp³-hybridized carbons (Fsp3) is 0.0909. The summed E-state index contributed by atoms with van der Waals surface area (Å²) in [6.45, 7) is 4.04. The maximum atomic E-state index is 13.5. The SMILES string of the molecule is Cc1cc(C)cc(NC(=O)C(Sc2cccc(NC(=O)c3ccc4ccccc4c3)c2)c2ccccc2)c1. The zero-order valence-corrected chi connectivity index (χ0v) is 22.1. The number of fused-ring (bicyclic) bond motifs is 1. The Kier molecular flexibility index (Phi) is 7.57. The Hall–Kier alpha value is -4.35. The number of hydrogen-bond acceptors (Lipinski definition) is 3. The van der Waals surface area contributed by atoms with Crippen LogP contribution < -0.4 is 10.6 Å². The van der Waals surface area contributed by atoms with E-state index in [9.17, 15) is 9.59 Å². The molecule has 5 aromatic rings. The molecule has 188 valence electrons. The molecule has 0 aliphatic heterocycles. The van der Waals surface area contributed by atoms with Crippen LogP contribution in [0.3, 0.4) is 0 Å². The zero-order valence-electron chi connectivity index (χ0n) is 21.3. The lowest BCUT2D eigenvalue weighted by Crippen LogP contribution is -2.19. The predicted octanol–water partition coefficient (Wildman–Crippen LogP) is 8.18. The first-order valence-corrected chi connectivity index (χ1v) is 13.3. The van der Waals surface area contributed by atoms with Gasteiger partial charge in [0.2, 0.25) is 5.91 Å². The third-order valence-corrected chi connectivity index (χ3v) is 7.44. The molecule has 1 atom stereocenters. The highest BCUT2D eigenvalue weighted by molar-refractivity contribution is 8.00. The van der Waals surface area contributed by atoms with E-state index in [0.717, 1.165) is 38.0 Å². The van der Waals surface area contributed by atoms with Crippen molar-refractivity contribution in [2.45, 2.75) is 24.0 Å². The molecule has 0 aromatic heterocycles. The molecule has 0 saturated heterocycles. The molecule has 1 unspecified atom stereocenters. The maximum Gasteiger partial charge on any atom is 0.255 e. The molecule has 0 spiro atoms. The van der Waals surface area contributed by atoms with Crippen molar-refractivity contribution in [1.82, 2.24) is 0 Å². The second-order valence-corrected chi connectivity index (χ2v) is 10.5. The molecular weight excluding hydrogens is 488 g/mol. The lowest BCUT2D eigenvalue weighted by molar-refractivity contribution is -0.115. The van der Waals surface area contributed by atoms with Crippen molar-refractivity contribution in [3.63, 3.8) is 0 Å². The van der Waals surface area contributed by atoms with E-state index in [0.29, 0.717) is 11.3 Å². The van der Waals surface area contributed by atoms with Gasteiger partial charge in [0.15, 0.2) is 0 Å². The van der Waals surface area contributed by atoms with Gasteiger partial charge < -0.3 is 10.6 Å². The molecule has 0 saturated carbocycles. The van der Waals surface area contributed by atoms with E-state index in [1.54, 1.807) is 0 Å². The first-order chi connectivity index (χ1) is 18.4. The second kappa shape index (κ2) is 11.4. The molecule has 0 radical (unpaired) electrons. The molecule has 38 heavy (non-hydrogen) atoms. The fourth-order valence-electron chi connectivity index (χ4n) is 4.47. The van der Waals surface area contributed by atoms with Gasteiger partial charge in [-0.25, -0.2) is 0 Å². The van der Waals surface area contributed by atoms with Crippen LogP contribution in [0.15, 0.2) is 120 Å². The summed E-state index contributed by atoms with van der Waals surface area (Å²) in [6.07, 6.45) is 0. The van der Waals surface area contributed by atoms with Crippen LogP contribution in [0.4, 0.5) is 11.4 Å². The van der Waals surface area contributed by atoms with Crippen molar-refractivity contribution in [2.24, 2.45) is 0 Å². The first kappa shape index (κ1) is 25.3. The lowest BCUT2D eigenvalue weighted by Gasteiger charge is -2.18. The van der Waals surface area contributed by atoms with E-state index < -0.39 is 5.25 Å². The molecule has 4 nitrogen and oxygen atoms in total. The Morgan fingerprint density at radius 3 is 2.11 bits per heavy atom. The molecule has 5 aromatic carbocycles. The van der Waals surface area contributed by atoms with Crippen LogP contribution in [-0.2, 0) is 4.79 Å². The van der Waals surface area contributed by atoms with Crippen LogP contribution >= 0.6 is 11.8 Å². The van der Waals surface area contributed by atoms with Gasteiger partial charge in [0.1, 0.15) is 5.25 Å². The average Bonchev–Trinajstić information content (AvgIpc) is 2.91. The van der Waals surface area contributed by atoms with Crippen LogP contribution in [0.2, 0.25) is 0 Å². The minimum absolute atomic E-state index is 0.100. The van der Waals surface area contributed by atoms with Crippen LogP contribution in [0.1, 0.15) is 32.3 Å². The van der Waals surface area contributed by atoms with E-state index in [-0.39, 0.29) is 11.8 Å².